The van der Waals surface area contributed by atoms with Crippen molar-refractivity contribution in [3.63, 3.8) is 0 Å². The standard InChI is InChI=1S/C19H40NO4P/c1-2-3-4-5-6-7-8-9-10-11-12-13-14-15-16-25(23)24-19(22)18(20)17-21/h18,21,25H,2-17,20H2,1H3/t18-/m0/s1. The van der Waals surface area contributed by atoms with Crippen LogP contribution < -0.4 is 5.73 Å². The minimum Gasteiger partial charge on any atom is -0.413 e. The molecule has 0 fully saturated rings. The lowest BCUT2D eigenvalue weighted by Gasteiger charge is -2.08. The van der Waals surface area contributed by atoms with Crippen molar-refractivity contribution in [1.82, 2.24) is 0 Å². The van der Waals surface area contributed by atoms with Crippen LogP contribution in [0, 0.1) is 0 Å². The van der Waals surface area contributed by atoms with Crippen LogP contribution in [0.15, 0.2) is 0 Å². The molecule has 0 aliphatic rings. The number of aliphatic hydroxyl groups excluding tert-OH is 1. The van der Waals surface area contributed by atoms with E-state index in [1.807, 2.05) is 0 Å². The second-order valence-electron chi connectivity index (χ2n) is 6.93. The van der Waals surface area contributed by atoms with E-state index >= 15 is 0 Å². The number of rotatable bonds is 18. The molecular weight excluding hydrogens is 337 g/mol. The summed E-state index contributed by atoms with van der Waals surface area (Å²) in [6, 6.07) is -1.08. The normalized spacial score (nSPS) is 13.6. The van der Waals surface area contributed by atoms with Gasteiger partial charge in [-0.2, -0.15) is 0 Å². The molecule has 2 atom stereocenters. The third-order valence-corrected chi connectivity index (χ3v) is 5.64. The predicted molar refractivity (Wildman–Crippen MR) is 105 cm³/mol. The summed E-state index contributed by atoms with van der Waals surface area (Å²) in [5.41, 5.74) is 5.30. The zero-order chi connectivity index (χ0) is 18.8. The van der Waals surface area contributed by atoms with Crippen LogP contribution >= 0.6 is 8.03 Å². The maximum absolute atomic E-state index is 11.6. The van der Waals surface area contributed by atoms with Crippen molar-refractivity contribution in [3.8, 4) is 0 Å². The molecule has 5 nitrogen and oxygen atoms in total. The van der Waals surface area contributed by atoms with Crippen molar-refractivity contribution in [2.75, 3.05) is 12.8 Å². The molecule has 1 unspecified atom stereocenters. The van der Waals surface area contributed by atoms with E-state index in [-0.39, 0.29) is 0 Å². The summed E-state index contributed by atoms with van der Waals surface area (Å²) in [5, 5.41) is 8.71. The highest BCUT2D eigenvalue weighted by atomic mass is 31.1. The number of carbonyl (C=O) groups excluding carboxylic acids is 1. The molecule has 25 heavy (non-hydrogen) atoms. The van der Waals surface area contributed by atoms with Gasteiger partial charge in [-0.15, -0.1) is 0 Å². The smallest absolute Gasteiger partial charge is 0.330 e. The molecule has 0 spiro atoms. The van der Waals surface area contributed by atoms with E-state index < -0.39 is 26.6 Å². The summed E-state index contributed by atoms with van der Waals surface area (Å²) in [7, 11) is -2.35. The molecule has 0 saturated carbocycles. The van der Waals surface area contributed by atoms with Gasteiger partial charge in [0.25, 0.3) is 0 Å². The van der Waals surface area contributed by atoms with Crippen LogP contribution in [-0.2, 0) is 13.9 Å². The van der Waals surface area contributed by atoms with Gasteiger partial charge >= 0.3 is 5.97 Å². The predicted octanol–water partition coefficient (Wildman–Crippen LogP) is 4.81. The Bertz CT molecular complexity index is 339. The van der Waals surface area contributed by atoms with Crippen molar-refractivity contribution < 1.29 is 19.0 Å². The Kier molecular flexibility index (Phi) is 18.1. The van der Waals surface area contributed by atoms with Gasteiger partial charge in [-0.3, -0.25) is 4.57 Å². The van der Waals surface area contributed by atoms with E-state index in [9.17, 15) is 9.36 Å². The summed E-state index contributed by atoms with van der Waals surface area (Å²) < 4.78 is 16.3. The van der Waals surface area contributed by atoms with Crippen LogP contribution in [0.4, 0.5) is 0 Å². The molecule has 0 aromatic carbocycles. The van der Waals surface area contributed by atoms with Gasteiger partial charge in [-0.1, -0.05) is 90.4 Å². The van der Waals surface area contributed by atoms with Crippen molar-refractivity contribution in [1.29, 1.82) is 0 Å². The first-order chi connectivity index (χ1) is 12.1. The van der Waals surface area contributed by atoms with Crippen LogP contribution in [0.25, 0.3) is 0 Å². The highest BCUT2D eigenvalue weighted by Crippen LogP contribution is 2.25. The zero-order valence-electron chi connectivity index (χ0n) is 16.1. The van der Waals surface area contributed by atoms with Crippen LogP contribution in [0.3, 0.4) is 0 Å². The van der Waals surface area contributed by atoms with E-state index in [0.717, 1.165) is 19.3 Å². The van der Waals surface area contributed by atoms with Crippen molar-refractivity contribution in [2.45, 2.75) is 103 Å². The van der Waals surface area contributed by atoms with Gasteiger partial charge in [0, 0.05) is 6.16 Å². The van der Waals surface area contributed by atoms with Gasteiger partial charge in [-0.25, -0.2) is 4.79 Å². The summed E-state index contributed by atoms with van der Waals surface area (Å²) in [6.07, 6.45) is 18.3. The monoisotopic (exact) mass is 377 g/mol. The Morgan fingerprint density at radius 3 is 1.68 bits per heavy atom. The summed E-state index contributed by atoms with van der Waals surface area (Å²) in [6.45, 7) is 1.77. The first-order valence-electron chi connectivity index (χ1n) is 10.2. The Morgan fingerprint density at radius 2 is 1.28 bits per heavy atom. The first kappa shape index (κ1) is 24.6. The number of unbranched alkanes of at least 4 members (excludes halogenated alkanes) is 13. The molecule has 0 amide bonds. The molecule has 0 aliphatic carbocycles. The largest absolute Gasteiger partial charge is 0.413 e. The topological polar surface area (TPSA) is 89.6 Å². The Hall–Kier alpha value is -0.380. The molecule has 6 heteroatoms. The Labute approximate surface area is 155 Å². The van der Waals surface area contributed by atoms with E-state index in [0.29, 0.717) is 6.16 Å². The maximum Gasteiger partial charge on any atom is 0.330 e. The Balaban J connectivity index is 3.26. The van der Waals surface area contributed by atoms with Crippen molar-refractivity contribution in [2.24, 2.45) is 5.73 Å². The SMILES string of the molecule is CCCCCCCCCCCCCCCC[PH](=O)OC(=O)[C@@H](N)CO. The minimum atomic E-state index is -2.35. The fourth-order valence-electron chi connectivity index (χ4n) is 2.78. The third kappa shape index (κ3) is 16.8. The van der Waals surface area contributed by atoms with E-state index in [1.54, 1.807) is 0 Å². The maximum atomic E-state index is 11.6. The number of hydrogen-bond acceptors (Lipinski definition) is 5. The van der Waals surface area contributed by atoms with Crippen LogP contribution in [0.2, 0.25) is 0 Å². The molecule has 150 valence electrons. The molecular formula is C19H40NO4P. The molecule has 0 aromatic rings. The van der Waals surface area contributed by atoms with Gasteiger partial charge in [0.1, 0.15) is 6.04 Å². The highest BCUT2D eigenvalue weighted by Gasteiger charge is 2.16. The van der Waals surface area contributed by atoms with Gasteiger partial charge in [-0.05, 0) is 6.42 Å². The number of carbonyl (C=O) groups is 1. The van der Waals surface area contributed by atoms with Crippen LogP contribution in [-0.4, -0.2) is 29.9 Å². The number of aliphatic hydroxyl groups is 1. The molecule has 0 aliphatic heterocycles. The lowest BCUT2D eigenvalue weighted by atomic mass is 10.0. The summed E-state index contributed by atoms with van der Waals surface area (Å²) in [4.78, 5) is 11.3. The lowest BCUT2D eigenvalue weighted by molar-refractivity contribution is -0.136. The molecule has 0 bridgehead atoms. The molecule has 0 radical (unpaired) electrons. The highest BCUT2D eigenvalue weighted by molar-refractivity contribution is 7.39. The lowest BCUT2D eigenvalue weighted by Crippen LogP contribution is -2.34. The van der Waals surface area contributed by atoms with Gasteiger partial charge in [0.05, 0.1) is 6.61 Å². The summed E-state index contributed by atoms with van der Waals surface area (Å²) in [5.74, 6) is -0.767. The van der Waals surface area contributed by atoms with Crippen molar-refractivity contribution >= 4 is 14.0 Å². The van der Waals surface area contributed by atoms with Crippen LogP contribution in [0.1, 0.15) is 96.8 Å². The number of hydrogen-bond donors (Lipinski definition) is 2. The quantitative estimate of drug-likeness (QED) is 0.264. The van der Waals surface area contributed by atoms with Crippen molar-refractivity contribution in [3.05, 3.63) is 0 Å². The van der Waals surface area contributed by atoms with E-state index in [4.69, 9.17) is 15.4 Å². The number of nitrogens with two attached hydrogens (primary N) is 1. The molecule has 0 aromatic heterocycles. The average Bonchev–Trinajstić information content (AvgIpc) is 2.61. The fourth-order valence-corrected chi connectivity index (χ4v) is 3.79. The average molecular weight is 378 g/mol. The molecule has 0 heterocycles. The second-order valence-corrected chi connectivity index (χ2v) is 8.38. The summed E-state index contributed by atoms with van der Waals surface area (Å²) >= 11 is 0. The molecule has 0 rings (SSSR count). The van der Waals surface area contributed by atoms with E-state index in [1.165, 1.54) is 70.6 Å². The first-order valence-corrected chi connectivity index (χ1v) is 11.7. The Morgan fingerprint density at radius 1 is 0.880 bits per heavy atom. The zero-order valence-corrected chi connectivity index (χ0v) is 17.1. The molecule has 0 saturated heterocycles. The minimum absolute atomic E-state index is 0.423. The van der Waals surface area contributed by atoms with Gasteiger partial charge < -0.3 is 15.4 Å². The van der Waals surface area contributed by atoms with Crippen LogP contribution in [0.5, 0.6) is 0 Å². The fraction of sp³-hybridized carbons (Fsp3) is 0.947. The molecule has 3 N–H and O–H groups in total. The van der Waals surface area contributed by atoms with E-state index in [2.05, 4.69) is 6.92 Å². The van der Waals surface area contributed by atoms with Gasteiger partial charge in [0.2, 0.25) is 8.03 Å². The van der Waals surface area contributed by atoms with Gasteiger partial charge in [0.15, 0.2) is 0 Å². The second kappa shape index (κ2) is 18.4. The third-order valence-electron chi connectivity index (χ3n) is 4.45.